The van der Waals surface area contributed by atoms with Gasteiger partial charge in [0.05, 0.1) is 10.0 Å². The van der Waals surface area contributed by atoms with E-state index in [1.807, 2.05) is 0 Å². The summed E-state index contributed by atoms with van der Waals surface area (Å²) in [7, 11) is 0. The Hall–Kier alpha value is -0.600. The third-order valence-corrected chi connectivity index (χ3v) is 3.92. The molecule has 2 nitrogen and oxygen atoms in total. The summed E-state index contributed by atoms with van der Waals surface area (Å²) in [6.45, 7) is 2.16. The van der Waals surface area contributed by atoms with Crippen LogP contribution in [0.2, 0.25) is 10.0 Å². The van der Waals surface area contributed by atoms with Crippen molar-refractivity contribution in [2.24, 2.45) is 5.92 Å². The minimum absolute atomic E-state index is 0.0504. The molecule has 1 aliphatic rings. The van der Waals surface area contributed by atoms with Gasteiger partial charge in [0.1, 0.15) is 0 Å². The van der Waals surface area contributed by atoms with Crippen LogP contribution in [0.5, 0.6) is 5.75 Å². The average Bonchev–Trinajstić information content (AvgIpc) is 2.20. The van der Waals surface area contributed by atoms with Crippen LogP contribution in [0.25, 0.3) is 0 Å². The van der Waals surface area contributed by atoms with Gasteiger partial charge in [0.15, 0.2) is 5.75 Å². The van der Waals surface area contributed by atoms with E-state index in [1.54, 1.807) is 12.1 Å². The van der Waals surface area contributed by atoms with Crippen LogP contribution >= 0.6 is 23.2 Å². The van der Waals surface area contributed by atoms with Crippen LogP contribution < -0.4 is 5.32 Å². The fourth-order valence-corrected chi connectivity index (χ4v) is 2.71. The van der Waals surface area contributed by atoms with Gasteiger partial charge in [-0.1, -0.05) is 42.5 Å². The third kappa shape index (κ3) is 3.20. The zero-order valence-electron chi connectivity index (χ0n) is 9.84. The highest BCUT2D eigenvalue weighted by molar-refractivity contribution is 6.37. The molecule has 0 amide bonds. The molecule has 0 bridgehead atoms. The molecule has 1 unspecified atom stereocenters. The minimum atomic E-state index is -0.0504. The molecule has 17 heavy (non-hydrogen) atoms. The number of halogens is 2. The molecule has 2 N–H and O–H groups in total. The van der Waals surface area contributed by atoms with Gasteiger partial charge in [-0.05, 0) is 31.4 Å². The van der Waals surface area contributed by atoms with Crippen LogP contribution in [-0.4, -0.2) is 11.1 Å². The van der Waals surface area contributed by atoms with E-state index in [9.17, 15) is 5.11 Å². The molecule has 1 aliphatic carbocycles. The normalized spacial score (nSPS) is 17.6. The second kappa shape index (κ2) is 5.36. The van der Waals surface area contributed by atoms with Crippen molar-refractivity contribution in [3.8, 4) is 5.75 Å². The molecule has 1 atom stereocenters. The monoisotopic (exact) mass is 273 g/mol. The Bertz CT molecular complexity index is 381. The highest BCUT2D eigenvalue weighted by atomic mass is 35.5. The van der Waals surface area contributed by atoms with E-state index in [0.29, 0.717) is 6.04 Å². The third-order valence-electron chi connectivity index (χ3n) is 3.34. The Morgan fingerprint density at radius 1 is 1.35 bits per heavy atom. The van der Waals surface area contributed by atoms with Crippen molar-refractivity contribution in [2.75, 3.05) is 5.32 Å². The lowest BCUT2D eigenvalue weighted by atomic mass is 9.81. The number of benzene rings is 1. The summed E-state index contributed by atoms with van der Waals surface area (Å²) in [5.74, 6) is 0.811. The van der Waals surface area contributed by atoms with Crippen molar-refractivity contribution in [1.29, 1.82) is 0 Å². The van der Waals surface area contributed by atoms with E-state index in [1.165, 1.54) is 25.7 Å². The van der Waals surface area contributed by atoms with Crippen LogP contribution in [0, 0.1) is 5.92 Å². The van der Waals surface area contributed by atoms with Crippen LogP contribution in [0.15, 0.2) is 12.1 Å². The second-order valence-corrected chi connectivity index (χ2v) is 5.68. The first kappa shape index (κ1) is 12.8. The molecule has 0 heterocycles. The summed E-state index contributed by atoms with van der Waals surface area (Å²) in [4.78, 5) is 0. The van der Waals surface area contributed by atoms with E-state index in [0.717, 1.165) is 11.6 Å². The molecular weight excluding hydrogens is 257 g/mol. The molecule has 1 fully saturated rings. The largest absolute Gasteiger partial charge is 0.505 e. The Morgan fingerprint density at radius 2 is 1.94 bits per heavy atom. The summed E-state index contributed by atoms with van der Waals surface area (Å²) >= 11 is 11.7. The zero-order valence-corrected chi connectivity index (χ0v) is 11.4. The van der Waals surface area contributed by atoms with Crippen molar-refractivity contribution < 1.29 is 5.11 Å². The lowest BCUT2D eigenvalue weighted by Gasteiger charge is -2.29. The van der Waals surface area contributed by atoms with E-state index in [4.69, 9.17) is 23.2 Å². The molecule has 4 heteroatoms. The second-order valence-electron chi connectivity index (χ2n) is 4.87. The number of anilines is 1. The number of phenols is 1. The Balaban J connectivity index is 1.97. The van der Waals surface area contributed by atoms with Gasteiger partial charge in [0, 0.05) is 11.7 Å². The maximum absolute atomic E-state index is 9.47. The first-order chi connectivity index (χ1) is 8.06. The van der Waals surface area contributed by atoms with Gasteiger partial charge in [-0.2, -0.15) is 0 Å². The molecule has 0 saturated heterocycles. The molecule has 0 aliphatic heterocycles. The molecule has 0 spiro atoms. The van der Waals surface area contributed by atoms with Crippen LogP contribution in [-0.2, 0) is 0 Å². The van der Waals surface area contributed by atoms with Gasteiger partial charge < -0.3 is 10.4 Å². The molecule has 1 aromatic rings. The molecular formula is C13H17Cl2NO. The van der Waals surface area contributed by atoms with Gasteiger partial charge in [-0.3, -0.25) is 0 Å². The maximum atomic E-state index is 9.47. The quantitative estimate of drug-likeness (QED) is 0.781. The van der Waals surface area contributed by atoms with Gasteiger partial charge in [-0.25, -0.2) is 0 Å². The molecule has 0 aromatic heterocycles. The standard InChI is InChI=1S/C13H17Cl2NO/c1-8(5-9-3-2-4-9)16-10-6-11(14)13(17)12(15)7-10/h6-9,16-17H,2-5H2,1H3. The number of nitrogens with one attached hydrogen (secondary N) is 1. The SMILES string of the molecule is CC(CC1CCC1)Nc1cc(Cl)c(O)c(Cl)c1. The first-order valence-corrected chi connectivity index (χ1v) is 6.76. The van der Waals surface area contributed by atoms with Gasteiger partial charge in [0.25, 0.3) is 0 Å². The predicted molar refractivity (Wildman–Crippen MR) is 73.2 cm³/mol. The highest BCUT2D eigenvalue weighted by Crippen LogP contribution is 2.36. The fraction of sp³-hybridized carbons (Fsp3) is 0.538. The summed E-state index contributed by atoms with van der Waals surface area (Å²) < 4.78 is 0. The highest BCUT2D eigenvalue weighted by Gasteiger charge is 2.20. The number of aromatic hydroxyl groups is 1. The van der Waals surface area contributed by atoms with Crippen molar-refractivity contribution in [1.82, 2.24) is 0 Å². The number of rotatable bonds is 4. The average molecular weight is 274 g/mol. The number of hydrogen-bond acceptors (Lipinski definition) is 2. The summed E-state index contributed by atoms with van der Waals surface area (Å²) in [5.41, 5.74) is 0.865. The predicted octanol–water partition coefficient (Wildman–Crippen LogP) is 4.69. The number of hydrogen-bond donors (Lipinski definition) is 2. The lowest BCUT2D eigenvalue weighted by Crippen LogP contribution is -2.23. The van der Waals surface area contributed by atoms with Gasteiger partial charge in [-0.15, -0.1) is 0 Å². The maximum Gasteiger partial charge on any atom is 0.152 e. The van der Waals surface area contributed by atoms with Crippen molar-refractivity contribution in [2.45, 2.75) is 38.6 Å². The lowest BCUT2D eigenvalue weighted by molar-refractivity contribution is 0.286. The Labute approximate surface area is 112 Å². The zero-order chi connectivity index (χ0) is 12.4. The van der Waals surface area contributed by atoms with Crippen LogP contribution in [0.4, 0.5) is 5.69 Å². The molecule has 94 valence electrons. The van der Waals surface area contributed by atoms with E-state index in [2.05, 4.69) is 12.2 Å². The summed E-state index contributed by atoms with van der Waals surface area (Å²) in [6.07, 6.45) is 5.25. The Morgan fingerprint density at radius 3 is 2.41 bits per heavy atom. The molecule has 0 radical (unpaired) electrons. The fourth-order valence-electron chi connectivity index (χ4n) is 2.22. The van der Waals surface area contributed by atoms with Gasteiger partial charge in [0.2, 0.25) is 0 Å². The summed E-state index contributed by atoms with van der Waals surface area (Å²) in [6, 6.07) is 3.82. The van der Waals surface area contributed by atoms with Crippen LogP contribution in [0.1, 0.15) is 32.6 Å². The van der Waals surface area contributed by atoms with Gasteiger partial charge >= 0.3 is 0 Å². The van der Waals surface area contributed by atoms with Crippen molar-refractivity contribution in [3.63, 3.8) is 0 Å². The Kier molecular flexibility index (Phi) is 4.05. The van der Waals surface area contributed by atoms with Crippen LogP contribution in [0.3, 0.4) is 0 Å². The number of phenolic OH excluding ortho intramolecular Hbond substituents is 1. The van der Waals surface area contributed by atoms with E-state index < -0.39 is 0 Å². The molecule has 2 rings (SSSR count). The van der Waals surface area contributed by atoms with E-state index >= 15 is 0 Å². The minimum Gasteiger partial charge on any atom is -0.505 e. The topological polar surface area (TPSA) is 32.3 Å². The van der Waals surface area contributed by atoms with Crippen molar-refractivity contribution in [3.05, 3.63) is 22.2 Å². The van der Waals surface area contributed by atoms with Crippen molar-refractivity contribution >= 4 is 28.9 Å². The summed E-state index contributed by atoms with van der Waals surface area (Å²) in [5, 5.41) is 13.4. The first-order valence-electron chi connectivity index (χ1n) is 6.01. The molecule has 1 saturated carbocycles. The molecule has 1 aromatic carbocycles. The van der Waals surface area contributed by atoms with E-state index in [-0.39, 0.29) is 15.8 Å². The smallest absolute Gasteiger partial charge is 0.152 e.